The third-order valence-electron chi connectivity index (χ3n) is 3.76. The third-order valence-corrected chi connectivity index (χ3v) is 5.00. The highest BCUT2D eigenvalue weighted by atomic mass is 32.2. The van der Waals surface area contributed by atoms with Crippen LogP contribution in [0.4, 0.5) is 4.79 Å². The number of fused-ring (bicyclic) bond motifs is 1. The minimum Gasteiger partial charge on any atom is -0.477 e. The van der Waals surface area contributed by atoms with Crippen LogP contribution < -0.4 is 0 Å². The van der Waals surface area contributed by atoms with Crippen LogP contribution in [0, 0.1) is 5.92 Å². The molecule has 2 rings (SSSR count). The molecule has 1 unspecified atom stereocenters. The first-order chi connectivity index (χ1) is 11.3. The summed E-state index contributed by atoms with van der Waals surface area (Å²) in [4.78, 5) is 53.6. The number of imide groups is 1. The van der Waals surface area contributed by atoms with Gasteiger partial charge in [-0.05, 0) is 47.1 Å². The zero-order valence-corrected chi connectivity index (χ0v) is 15.7. The number of aliphatic imine (C=N–C) groups is 1. The fourth-order valence-corrected chi connectivity index (χ4v) is 3.62. The second-order valence-corrected chi connectivity index (χ2v) is 8.35. The molecule has 9 heteroatoms. The molecule has 136 valence electrons. The van der Waals surface area contributed by atoms with E-state index in [1.807, 2.05) is 0 Å². The second kappa shape index (κ2) is 5.98. The number of aliphatic carboxylic acids is 1. The van der Waals surface area contributed by atoms with Crippen molar-refractivity contribution in [3.63, 3.8) is 0 Å². The molecule has 2 heterocycles. The molecule has 25 heavy (non-hydrogen) atoms. The van der Waals surface area contributed by atoms with Gasteiger partial charge in [0.2, 0.25) is 5.91 Å². The maximum Gasteiger partial charge on any atom is 0.352 e. The van der Waals surface area contributed by atoms with Crippen LogP contribution in [0.5, 0.6) is 0 Å². The first-order valence-electron chi connectivity index (χ1n) is 7.59. The molecule has 1 N–H and O–H groups in total. The van der Waals surface area contributed by atoms with Crippen LogP contribution in [0.15, 0.2) is 15.5 Å². The lowest BCUT2D eigenvalue weighted by molar-refractivity contribution is -0.169. The molecule has 0 bridgehead atoms. The van der Waals surface area contributed by atoms with Gasteiger partial charge in [0.1, 0.15) is 22.1 Å². The highest BCUT2D eigenvalue weighted by Gasteiger charge is 2.52. The van der Waals surface area contributed by atoms with Gasteiger partial charge >= 0.3 is 18.0 Å². The second-order valence-electron chi connectivity index (χ2n) is 7.32. The number of urea groups is 1. The van der Waals surface area contributed by atoms with Crippen molar-refractivity contribution in [3.8, 4) is 0 Å². The van der Waals surface area contributed by atoms with Crippen molar-refractivity contribution in [2.24, 2.45) is 10.9 Å². The third kappa shape index (κ3) is 3.33. The lowest BCUT2D eigenvalue weighted by atomic mass is 9.94. The zero-order chi connectivity index (χ0) is 19.3. The van der Waals surface area contributed by atoms with Gasteiger partial charge in [-0.2, -0.15) is 4.99 Å². The van der Waals surface area contributed by atoms with Gasteiger partial charge in [0.15, 0.2) is 0 Å². The number of rotatable bonds is 3. The summed E-state index contributed by atoms with van der Waals surface area (Å²) >= 11 is 0.795. The molecule has 0 saturated carbocycles. The summed E-state index contributed by atoms with van der Waals surface area (Å²) in [6, 6.07) is -0.904. The Hall–Kier alpha value is -2.16. The van der Waals surface area contributed by atoms with Crippen molar-refractivity contribution in [1.82, 2.24) is 4.90 Å². The Morgan fingerprint density at radius 2 is 1.76 bits per heavy atom. The summed E-state index contributed by atoms with van der Waals surface area (Å²) in [5.74, 6) is -3.56. The standard InChI is InChI=1S/C16H20N2O6S/c1-7-8-10(25-9(7)12(20)21)17-14(23)18(11(8)19)16(5,6)13(22)24-15(2,3)4/h8H,1-6H3,(H,20,21). The van der Waals surface area contributed by atoms with Crippen LogP contribution in [0.3, 0.4) is 0 Å². The quantitative estimate of drug-likeness (QED) is 0.760. The predicted octanol–water partition coefficient (Wildman–Crippen LogP) is 2.19. The van der Waals surface area contributed by atoms with E-state index in [0.717, 1.165) is 16.7 Å². The summed E-state index contributed by atoms with van der Waals surface area (Å²) in [6.07, 6.45) is 0. The number of carbonyl (C=O) groups is 4. The summed E-state index contributed by atoms with van der Waals surface area (Å²) in [7, 11) is 0. The van der Waals surface area contributed by atoms with Crippen molar-refractivity contribution in [1.29, 1.82) is 0 Å². The Kier molecular flexibility index (Phi) is 4.58. The average molecular weight is 368 g/mol. The predicted molar refractivity (Wildman–Crippen MR) is 91.0 cm³/mol. The number of amides is 3. The average Bonchev–Trinajstić information content (AvgIpc) is 2.73. The summed E-state index contributed by atoms with van der Waals surface area (Å²) in [5, 5.41) is 9.33. The molecule has 2 aliphatic rings. The lowest BCUT2D eigenvalue weighted by Gasteiger charge is -2.38. The highest BCUT2D eigenvalue weighted by Crippen LogP contribution is 2.42. The molecule has 8 nitrogen and oxygen atoms in total. The molecule has 0 aliphatic carbocycles. The van der Waals surface area contributed by atoms with Gasteiger partial charge in [-0.25, -0.2) is 19.3 Å². The minimum atomic E-state index is -1.58. The Morgan fingerprint density at radius 3 is 2.24 bits per heavy atom. The van der Waals surface area contributed by atoms with Crippen molar-refractivity contribution < 1.29 is 29.0 Å². The highest BCUT2D eigenvalue weighted by molar-refractivity contribution is 8.18. The number of carboxylic acid groups (broad SMARTS) is 1. The molecule has 0 aromatic rings. The fourth-order valence-electron chi connectivity index (χ4n) is 2.53. The van der Waals surface area contributed by atoms with Gasteiger partial charge in [-0.1, -0.05) is 11.8 Å². The number of esters is 1. The molecule has 0 radical (unpaired) electrons. The smallest absolute Gasteiger partial charge is 0.352 e. The molecule has 0 saturated heterocycles. The Bertz CT molecular complexity index is 744. The van der Waals surface area contributed by atoms with Gasteiger partial charge in [-0.3, -0.25) is 4.79 Å². The van der Waals surface area contributed by atoms with Crippen LogP contribution in [0.1, 0.15) is 41.5 Å². The van der Waals surface area contributed by atoms with E-state index < -0.39 is 40.9 Å². The molecule has 0 aromatic heterocycles. The van der Waals surface area contributed by atoms with E-state index in [9.17, 15) is 24.3 Å². The van der Waals surface area contributed by atoms with E-state index in [4.69, 9.17) is 4.74 Å². The molecule has 2 aliphatic heterocycles. The molecule has 0 aromatic carbocycles. The van der Waals surface area contributed by atoms with Crippen molar-refractivity contribution in [2.45, 2.75) is 52.7 Å². The largest absolute Gasteiger partial charge is 0.477 e. The van der Waals surface area contributed by atoms with E-state index in [1.54, 1.807) is 20.8 Å². The minimum absolute atomic E-state index is 0.0261. The molecule has 0 spiro atoms. The maximum atomic E-state index is 12.9. The fraction of sp³-hybridized carbons (Fsp3) is 0.562. The van der Waals surface area contributed by atoms with Gasteiger partial charge in [0.25, 0.3) is 0 Å². The van der Waals surface area contributed by atoms with Crippen molar-refractivity contribution in [3.05, 3.63) is 10.5 Å². The van der Waals surface area contributed by atoms with E-state index in [1.165, 1.54) is 20.8 Å². The summed E-state index contributed by atoms with van der Waals surface area (Å²) < 4.78 is 5.31. The Labute approximate surface area is 149 Å². The topological polar surface area (TPSA) is 113 Å². The molecule has 0 fully saturated rings. The number of ether oxygens (including phenoxy) is 1. The number of carboxylic acids is 1. The van der Waals surface area contributed by atoms with Crippen LogP contribution in [-0.4, -0.2) is 50.1 Å². The van der Waals surface area contributed by atoms with Crippen LogP contribution in [0.2, 0.25) is 0 Å². The monoisotopic (exact) mass is 368 g/mol. The zero-order valence-electron chi connectivity index (χ0n) is 14.9. The number of nitrogens with zero attached hydrogens (tertiary/aromatic N) is 2. The van der Waals surface area contributed by atoms with Gasteiger partial charge in [0.05, 0.1) is 4.91 Å². The van der Waals surface area contributed by atoms with E-state index in [2.05, 4.69) is 4.99 Å². The van der Waals surface area contributed by atoms with E-state index in [0.29, 0.717) is 5.57 Å². The number of hydrogen-bond acceptors (Lipinski definition) is 6. The van der Waals surface area contributed by atoms with E-state index >= 15 is 0 Å². The van der Waals surface area contributed by atoms with Gasteiger partial charge in [0, 0.05) is 0 Å². The molecular formula is C16H20N2O6S. The van der Waals surface area contributed by atoms with Crippen molar-refractivity contribution in [2.75, 3.05) is 0 Å². The van der Waals surface area contributed by atoms with Crippen LogP contribution in [0.25, 0.3) is 0 Å². The molecule has 1 atom stereocenters. The maximum absolute atomic E-state index is 12.9. The van der Waals surface area contributed by atoms with Crippen molar-refractivity contribution >= 4 is 40.7 Å². The van der Waals surface area contributed by atoms with Crippen LogP contribution in [-0.2, 0) is 19.1 Å². The lowest BCUT2D eigenvalue weighted by Crippen LogP contribution is -2.60. The molecular weight excluding hydrogens is 348 g/mol. The summed E-state index contributed by atoms with van der Waals surface area (Å²) in [6.45, 7) is 9.34. The molecule has 3 amide bonds. The first kappa shape index (κ1) is 19.2. The SMILES string of the molecule is CC1=C(C(=O)O)SC2=NC(=O)N(C(C)(C)C(=O)OC(C)(C)C)C(=O)C21. The summed E-state index contributed by atoms with van der Waals surface area (Å²) in [5.41, 5.74) is -2.06. The number of hydrogen-bond donors (Lipinski definition) is 1. The number of carbonyl (C=O) groups excluding carboxylic acids is 3. The first-order valence-corrected chi connectivity index (χ1v) is 8.41. The van der Waals surface area contributed by atoms with E-state index in [-0.39, 0.29) is 9.95 Å². The number of thioether (sulfide) groups is 1. The van der Waals surface area contributed by atoms with Crippen LogP contribution >= 0.6 is 11.8 Å². The normalized spacial score (nSPS) is 21.3. The van der Waals surface area contributed by atoms with Gasteiger partial charge < -0.3 is 9.84 Å². The Balaban J connectivity index is 2.42. The Morgan fingerprint density at radius 1 is 1.20 bits per heavy atom. The van der Waals surface area contributed by atoms with Gasteiger partial charge in [-0.15, -0.1) is 0 Å².